The Kier molecular flexibility index (Phi) is 3.88. The number of rotatable bonds is 2. The molecule has 140 valence electrons. The third-order valence-corrected chi connectivity index (χ3v) is 5.62. The first kappa shape index (κ1) is 17.2. The summed E-state index contributed by atoms with van der Waals surface area (Å²) >= 11 is 6.26. The minimum absolute atomic E-state index is 0.0272. The van der Waals surface area contributed by atoms with Crippen LogP contribution < -0.4 is 4.74 Å². The maximum atomic E-state index is 13.4. The van der Waals surface area contributed by atoms with E-state index >= 15 is 0 Å². The number of benzene rings is 2. The van der Waals surface area contributed by atoms with Gasteiger partial charge in [-0.25, -0.2) is 9.40 Å². The van der Waals surface area contributed by atoms with Crippen LogP contribution in [0.5, 0.6) is 5.75 Å². The van der Waals surface area contributed by atoms with Crippen molar-refractivity contribution in [2.75, 3.05) is 0 Å². The maximum Gasteiger partial charge on any atom is 0.221 e. The topological polar surface area (TPSA) is 37.7 Å². The molecule has 1 aromatic heterocycles. The van der Waals surface area contributed by atoms with Crippen molar-refractivity contribution in [2.24, 2.45) is 5.10 Å². The molecule has 0 saturated heterocycles. The van der Waals surface area contributed by atoms with E-state index in [0.717, 1.165) is 28.2 Å². The van der Waals surface area contributed by atoms with Gasteiger partial charge >= 0.3 is 0 Å². The van der Waals surface area contributed by atoms with Crippen LogP contribution in [0.25, 0.3) is 0 Å². The van der Waals surface area contributed by atoms with Crippen LogP contribution >= 0.6 is 11.6 Å². The van der Waals surface area contributed by atoms with Crippen LogP contribution in [0.3, 0.4) is 0 Å². The predicted molar refractivity (Wildman–Crippen MR) is 106 cm³/mol. The van der Waals surface area contributed by atoms with E-state index in [0.29, 0.717) is 11.4 Å². The summed E-state index contributed by atoms with van der Waals surface area (Å²) in [4.78, 5) is 4.12. The van der Waals surface area contributed by atoms with Gasteiger partial charge in [-0.3, -0.25) is 4.98 Å². The zero-order valence-electron chi connectivity index (χ0n) is 15.1. The number of nitrogens with zero attached hydrogens (tertiary/aromatic N) is 3. The van der Waals surface area contributed by atoms with Crippen LogP contribution in [0.2, 0.25) is 5.02 Å². The maximum absolute atomic E-state index is 13.4. The number of fused-ring (bicyclic) bond motifs is 3. The lowest BCUT2D eigenvalue weighted by Gasteiger charge is -2.46. The zero-order valence-corrected chi connectivity index (χ0v) is 15.9. The summed E-state index contributed by atoms with van der Waals surface area (Å²) in [7, 11) is 0. The van der Waals surface area contributed by atoms with Crippen LogP contribution in [-0.2, 0) is 5.72 Å². The molecule has 2 aromatic carbocycles. The van der Waals surface area contributed by atoms with Gasteiger partial charge in [0.25, 0.3) is 0 Å². The number of aromatic nitrogens is 1. The van der Waals surface area contributed by atoms with Gasteiger partial charge in [-0.2, -0.15) is 5.10 Å². The van der Waals surface area contributed by atoms with Gasteiger partial charge in [0.1, 0.15) is 11.6 Å². The Morgan fingerprint density at radius 3 is 2.61 bits per heavy atom. The molecule has 0 radical (unpaired) electrons. The third-order valence-electron chi connectivity index (χ3n) is 5.38. The van der Waals surface area contributed by atoms with E-state index in [1.807, 2.05) is 42.3 Å². The highest BCUT2D eigenvalue weighted by Crippen LogP contribution is 2.50. The summed E-state index contributed by atoms with van der Waals surface area (Å²) in [5.41, 5.74) is 2.95. The molecule has 3 heterocycles. The normalized spacial score (nSPS) is 22.9. The van der Waals surface area contributed by atoms with Crippen molar-refractivity contribution in [2.45, 2.75) is 25.1 Å². The third kappa shape index (κ3) is 2.66. The molecule has 0 fully saturated rings. The standard InChI is InChI=1S/C22H17ClFN3O/c1-22(15-8-10-25-11-9-15)27-20(18-12-16(23)4-7-21(18)28-22)13-19(26-27)14-2-5-17(24)6-3-14/h2-12,20H,13H2,1H3. The summed E-state index contributed by atoms with van der Waals surface area (Å²) in [5, 5.41) is 7.55. The van der Waals surface area contributed by atoms with Gasteiger partial charge in [0, 0.05) is 41.9 Å². The number of pyridine rings is 1. The van der Waals surface area contributed by atoms with Gasteiger partial charge in [-0.05, 0) is 48.0 Å². The van der Waals surface area contributed by atoms with Crippen molar-refractivity contribution in [1.29, 1.82) is 0 Å². The Morgan fingerprint density at radius 2 is 1.86 bits per heavy atom. The largest absolute Gasteiger partial charge is 0.462 e. The molecule has 0 N–H and O–H groups in total. The van der Waals surface area contributed by atoms with Gasteiger partial charge in [0.05, 0.1) is 11.8 Å². The van der Waals surface area contributed by atoms with Gasteiger partial charge < -0.3 is 4.74 Å². The molecule has 5 rings (SSSR count). The molecule has 2 atom stereocenters. The van der Waals surface area contributed by atoms with Crippen LogP contribution in [0, 0.1) is 5.82 Å². The average Bonchev–Trinajstić information content (AvgIpc) is 3.17. The summed E-state index contributed by atoms with van der Waals surface area (Å²) in [6, 6.07) is 15.9. The van der Waals surface area contributed by atoms with E-state index in [2.05, 4.69) is 4.98 Å². The minimum Gasteiger partial charge on any atom is -0.462 e. The van der Waals surface area contributed by atoms with E-state index in [4.69, 9.17) is 21.4 Å². The zero-order chi connectivity index (χ0) is 19.3. The first-order chi connectivity index (χ1) is 13.5. The quantitative estimate of drug-likeness (QED) is 0.593. The van der Waals surface area contributed by atoms with E-state index in [1.165, 1.54) is 12.1 Å². The predicted octanol–water partition coefficient (Wildman–Crippen LogP) is 5.29. The van der Waals surface area contributed by atoms with Crippen molar-refractivity contribution in [1.82, 2.24) is 9.99 Å². The Bertz CT molecular complexity index is 1070. The van der Waals surface area contributed by atoms with E-state index in [-0.39, 0.29) is 11.9 Å². The highest BCUT2D eigenvalue weighted by Gasteiger charge is 2.48. The Morgan fingerprint density at radius 1 is 1.11 bits per heavy atom. The highest BCUT2D eigenvalue weighted by molar-refractivity contribution is 6.30. The smallest absolute Gasteiger partial charge is 0.221 e. The molecule has 2 unspecified atom stereocenters. The molecule has 6 heteroatoms. The van der Waals surface area contributed by atoms with Crippen LogP contribution in [0.15, 0.2) is 72.1 Å². The van der Waals surface area contributed by atoms with Gasteiger partial charge in [0.15, 0.2) is 0 Å². The molecule has 4 nitrogen and oxygen atoms in total. The number of ether oxygens (including phenoxy) is 1. The van der Waals surface area contributed by atoms with E-state index in [9.17, 15) is 4.39 Å². The van der Waals surface area contributed by atoms with Gasteiger partial charge in [-0.1, -0.05) is 23.7 Å². The first-order valence-corrected chi connectivity index (χ1v) is 9.44. The fourth-order valence-electron chi connectivity index (χ4n) is 3.95. The molecule has 2 aliphatic rings. The average molecular weight is 394 g/mol. The van der Waals surface area contributed by atoms with Crippen LogP contribution in [-0.4, -0.2) is 15.7 Å². The molecule has 3 aromatic rings. The molecule has 28 heavy (non-hydrogen) atoms. The fraction of sp³-hybridized carbons (Fsp3) is 0.182. The number of hydrogen-bond donors (Lipinski definition) is 0. The lowest BCUT2D eigenvalue weighted by molar-refractivity contribution is -0.112. The van der Waals surface area contributed by atoms with Gasteiger partial charge in [0.2, 0.25) is 5.72 Å². The lowest BCUT2D eigenvalue weighted by atomic mass is 9.93. The monoisotopic (exact) mass is 393 g/mol. The molecule has 0 aliphatic carbocycles. The van der Waals surface area contributed by atoms with Crippen molar-refractivity contribution in [3.05, 3.63) is 94.5 Å². The SMILES string of the molecule is CC1(c2ccncc2)Oc2ccc(Cl)cc2C2CC(c3ccc(F)cc3)=NN21. The fourth-order valence-corrected chi connectivity index (χ4v) is 4.13. The lowest BCUT2D eigenvalue weighted by Crippen LogP contribution is -2.48. The summed E-state index contributed by atoms with van der Waals surface area (Å²) < 4.78 is 19.8. The molecule has 0 bridgehead atoms. The minimum atomic E-state index is -0.795. The second kappa shape index (κ2) is 6.31. The molecule has 2 aliphatic heterocycles. The second-order valence-electron chi connectivity index (χ2n) is 7.12. The summed E-state index contributed by atoms with van der Waals surface area (Å²) in [6.07, 6.45) is 4.18. The van der Waals surface area contributed by atoms with E-state index in [1.54, 1.807) is 24.5 Å². The number of halogens is 2. The second-order valence-corrected chi connectivity index (χ2v) is 7.56. The first-order valence-electron chi connectivity index (χ1n) is 9.06. The number of hydrogen-bond acceptors (Lipinski definition) is 4. The van der Waals surface area contributed by atoms with Crippen LogP contribution in [0.4, 0.5) is 4.39 Å². The number of hydrazone groups is 1. The van der Waals surface area contributed by atoms with Gasteiger partial charge in [-0.15, -0.1) is 0 Å². The summed E-state index contributed by atoms with van der Waals surface area (Å²) in [6.45, 7) is 2.00. The Balaban J connectivity index is 1.65. The Labute approximate surface area is 167 Å². The van der Waals surface area contributed by atoms with Crippen molar-refractivity contribution < 1.29 is 9.13 Å². The molecular weight excluding hydrogens is 377 g/mol. The van der Waals surface area contributed by atoms with E-state index < -0.39 is 5.72 Å². The van der Waals surface area contributed by atoms with Crippen molar-refractivity contribution >= 4 is 17.3 Å². The molecular formula is C22H17ClFN3O. The van der Waals surface area contributed by atoms with Crippen LogP contribution in [0.1, 0.15) is 36.1 Å². The molecule has 0 spiro atoms. The molecule has 0 amide bonds. The highest BCUT2D eigenvalue weighted by atomic mass is 35.5. The van der Waals surface area contributed by atoms with Crippen molar-refractivity contribution in [3.63, 3.8) is 0 Å². The molecule has 0 saturated carbocycles. The van der Waals surface area contributed by atoms with Crippen molar-refractivity contribution in [3.8, 4) is 5.75 Å². The summed E-state index contributed by atoms with van der Waals surface area (Å²) in [5.74, 6) is 0.530. The Hall–Kier alpha value is -2.92.